The fourth-order valence-corrected chi connectivity index (χ4v) is 3.14. The highest BCUT2D eigenvalue weighted by Gasteiger charge is 2.10. The first-order valence-electron chi connectivity index (χ1n) is 6.87. The molecule has 0 radical (unpaired) electrons. The van der Waals surface area contributed by atoms with Crippen LogP contribution in [-0.4, -0.2) is 21.5 Å². The number of fused-ring (bicyclic) bond motifs is 1. The number of benzene rings is 1. The Balaban J connectivity index is 1.77. The lowest BCUT2D eigenvalue weighted by atomic mass is 10.2. The number of H-pyrrole nitrogens is 1. The van der Waals surface area contributed by atoms with Crippen molar-refractivity contribution in [1.29, 1.82) is 0 Å². The summed E-state index contributed by atoms with van der Waals surface area (Å²) < 4.78 is 0. The van der Waals surface area contributed by atoms with E-state index in [0.29, 0.717) is 6.04 Å². The number of para-hydroxylation sites is 2. The third kappa shape index (κ3) is 2.73. The van der Waals surface area contributed by atoms with Gasteiger partial charge in [-0.15, -0.1) is 11.3 Å². The van der Waals surface area contributed by atoms with E-state index in [4.69, 9.17) is 4.98 Å². The Morgan fingerprint density at radius 1 is 1.30 bits per heavy atom. The average molecular weight is 286 g/mol. The van der Waals surface area contributed by atoms with Gasteiger partial charge in [-0.25, -0.2) is 9.97 Å². The number of hydrogen-bond acceptors (Lipinski definition) is 4. The Morgan fingerprint density at radius 3 is 2.95 bits per heavy atom. The molecule has 3 rings (SSSR count). The Hall–Kier alpha value is -1.72. The van der Waals surface area contributed by atoms with Crippen molar-refractivity contribution in [1.82, 2.24) is 20.3 Å². The van der Waals surface area contributed by atoms with E-state index in [9.17, 15) is 0 Å². The zero-order valence-electron chi connectivity index (χ0n) is 11.7. The van der Waals surface area contributed by atoms with Gasteiger partial charge in [-0.2, -0.15) is 0 Å². The van der Waals surface area contributed by atoms with E-state index in [1.54, 1.807) is 11.3 Å². The maximum absolute atomic E-state index is 4.69. The lowest BCUT2D eigenvalue weighted by Crippen LogP contribution is -2.17. The first-order chi connectivity index (χ1) is 9.76. The van der Waals surface area contributed by atoms with Crippen LogP contribution < -0.4 is 5.32 Å². The SMILES string of the molecule is CCNC(C)c1csc(Cc2nc3ccccc3[nH]2)n1. The van der Waals surface area contributed by atoms with Gasteiger partial charge in [0.15, 0.2) is 0 Å². The average Bonchev–Trinajstić information content (AvgIpc) is 3.05. The van der Waals surface area contributed by atoms with Crippen LogP contribution in [0, 0.1) is 0 Å². The van der Waals surface area contributed by atoms with E-state index in [1.165, 1.54) is 0 Å². The molecule has 0 aliphatic rings. The lowest BCUT2D eigenvalue weighted by Gasteiger charge is -2.07. The predicted molar refractivity (Wildman–Crippen MR) is 83.1 cm³/mol. The molecular weight excluding hydrogens is 268 g/mol. The molecule has 0 aliphatic heterocycles. The molecule has 0 saturated carbocycles. The van der Waals surface area contributed by atoms with Gasteiger partial charge in [0.05, 0.1) is 23.1 Å². The number of thiazole rings is 1. The maximum Gasteiger partial charge on any atom is 0.114 e. The number of rotatable bonds is 5. The van der Waals surface area contributed by atoms with Crippen LogP contribution in [0.15, 0.2) is 29.6 Å². The molecule has 0 bridgehead atoms. The molecule has 1 unspecified atom stereocenters. The van der Waals surface area contributed by atoms with E-state index < -0.39 is 0 Å². The van der Waals surface area contributed by atoms with Crippen molar-refractivity contribution in [2.45, 2.75) is 26.3 Å². The summed E-state index contributed by atoms with van der Waals surface area (Å²) in [5.41, 5.74) is 3.21. The molecule has 2 N–H and O–H groups in total. The smallest absolute Gasteiger partial charge is 0.114 e. The second-order valence-corrected chi connectivity index (χ2v) is 5.77. The first kappa shape index (κ1) is 13.3. The van der Waals surface area contributed by atoms with Crippen molar-refractivity contribution < 1.29 is 0 Å². The molecule has 104 valence electrons. The first-order valence-corrected chi connectivity index (χ1v) is 7.75. The van der Waals surface area contributed by atoms with Crippen LogP contribution in [0.5, 0.6) is 0 Å². The monoisotopic (exact) mass is 286 g/mol. The normalized spacial score (nSPS) is 12.9. The highest BCUT2D eigenvalue weighted by Crippen LogP contribution is 2.19. The molecule has 0 fully saturated rings. The minimum absolute atomic E-state index is 0.306. The molecule has 4 nitrogen and oxygen atoms in total. The third-order valence-electron chi connectivity index (χ3n) is 3.28. The van der Waals surface area contributed by atoms with Gasteiger partial charge in [0.2, 0.25) is 0 Å². The highest BCUT2D eigenvalue weighted by molar-refractivity contribution is 7.09. The maximum atomic E-state index is 4.69. The molecule has 1 aromatic carbocycles. The Labute approximate surface area is 122 Å². The molecule has 0 amide bonds. The predicted octanol–water partition coefficient (Wildman–Crippen LogP) is 3.28. The number of imidazole rings is 1. The zero-order valence-corrected chi connectivity index (χ0v) is 12.5. The van der Waals surface area contributed by atoms with E-state index in [0.717, 1.165) is 40.5 Å². The molecule has 0 saturated heterocycles. The summed E-state index contributed by atoms with van der Waals surface area (Å²) in [7, 11) is 0. The quantitative estimate of drug-likeness (QED) is 0.757. The highest BCUT2D eigenvalue weighted by atomic mass is 32.1. The van der Waals surface area contributed by atoms with Gasteiger partial charge in [-0.1, -0.05) is 19.1 Å². The van der Waals surface area contributed by atoms with Crippen molar-refractivity contribution in [3.63, 3.8) is 0 Å². The summed E-state index contributed by atoms with van der Waals surface area (Å²) in [4.78, 5) is 12.6. The van der Waals surface area contributed by atoms with Crippen molar-refractivity contribution in [2.24, 2.45) is 0 Å². The van der Waals surface area contributed by atoms with Gasteiger partial charge in [0.1, 0.15) is 10.8 Å². The van der Waals surface area contributed by atoms with Crippen molar-refractivity contribution in [2.75, 3.05) is 6.54 Å². The topological polar surface area (TPSA) is 53.6 Å². The van der Waals surface area contributed by atoms with Crippen LogP contribution in [0.1, 0.15) is 36.4 Å². The summed E-state index contributed by atoms with van der Waals surface area (Å²) >= 11 is 1.70. The summed E-state index contributed by atoms with van der Waals surface area (Å²) in [6.07, 6.45) is 0.762. The molecule has 0 aliphatic carbocycles. The van der Waals surface area contributed by atoms with Gasteiger partial charge in [0.25, 0.3) is 0 Å². The number of hydrogen-bond donors (Lipinski definition) is 2. The van der Waals surface area contributed by atoms with Gasteiger partial charge < -0.3 is 10.3 Å². The zero-order chi connectivity index (χ0) is 13.9. The molecule has 1 atom stereocenters. The van der Waals surface area contributed by atoms with Crippen LogP contribution in [0.2, 0.25) is 0 Å². The fraction of sp³-hybridized carbons (Fsp3) is 0.333. The molecule has 3 aromatic rings. The second-order valence-electron chi connectivity index (χ2n) is 4.82. The molecule has 2 aromatic heterocycles. The summed E-state index contributed by atoms with van der Waals surface area (Å²) in [5.74, 6) is 0.975. The van der Waals surface area contributed by atoms with Gasteiger partial charge in [-0.05, 0) is 25.6 Å². The van der Waals surface area contributed by atoms with Gasteiger partial charge in [-0.3, -0.25) is 0 Å². The van der Waals surface area contributed by atoms with Crippen LogP contribution in [-0.2, 0) is 6.42 Å². The van der Waals surface area contributed by atoms with Crippen LogP contribution >= 0.6 is 11.3 Å². The summed E-state index contributed by atoms with van der Waals surface area (Å²) in [6.45, 7) is 5.21. The summed E-state index contributed by atoms with van der Waals surface area (Å²) in [6, 6.07) is 8.40. The number of aromatic amines is 1. The molecule has 20 heavy (non-hydrogen) atoms. The summed E-state index contributed by atoms with van der Waals surface area (Å²) in [5, 5.41) is 6.61. The van der Waals surface area contributed by atoms with E-state index in [2.05, 4.69) is 34.5 Å². The number of nitrogens with one attached hydrogen (secondary N) is 2. The third-order valence-corrected chi connectivity index (χ3v) is 4.15. The van der Waals surface area contributed by atoms with E-state index >= 15 is 0 Å². The fourth-order valence-electron chi connectivity index (χ4n) is 2.25. The lowest BCUT2D eigenvalue weighted by molar-refractivity contribution is 0.585. The van der Waals surface area contributed by atoms with Crippen LogP contribution in [0.4, 0.5) is 0 Å². The molecule has 0 spiro atoms. The Kier molecular flexibility index (Phi) is 3.80. The van der Waals surface area contributed by atoms with Crippen molar-refractivity contribution >= 4 is 22.4 Å². The number of aromatic nitrogens is 3. The second kappa shape index (κ2) is 5.73. The Bertz CT molecular complexity index is 668. The Morgan fingerprint density at radius 2 is 2.15 bits per heavy atom. The van der Waals surface area contributed by atoms with Crippen molar-refractivity contribution in [3.8, 4) is 0 Å². The minimum Gasteiger partial charge on any atom is -0.342 e. The van der Waals surface area contributed by atoms with Crippen molar-refractivity contribution in [3.05, 3.63) is 46.2 Å². The standard InChI is InChI=1S/C15H18N4S/c1-3-16-10(2)13-9-20-15(19-13)8-14-17-11-6-4-5-7-12(11)18-14/h4-7,9-10,16H,3,8H2,1-2H3,(H,17,18). The number of nitrogens with zero attached hydrogens (tertiary/aromatic N) is 2. The minimum atomic E-state index is 0.306. The molecule has 2 heterocycles. The van der Waals surface area contributed by atoms with Crippen LogP contribution in [0.3, 0.4) is 0 Å². The molecule has 5 heteroatoms. The largest absolute Gasteiger partial charge is 0.342 e. The van der Waals surface area contributed by atoms with Crippen LogP contribution in [0.25, 0.3) is 11.0 Å². The molecular formula is C15H18N4S. The van der Waals surface area contributed by atoms with Gasteiger partial charge >= 0.3 is 0 Å². The van der Waals surface area contributed by atoms with Gasteiger partial charge in [0, 0.05) is 11.4 Å². The van der Waals surface area contributed by atoms with E-state index in [1.807, 2.05) is 24.3 Å². The van der Waals surface area contributed by atoms with E-state index in [-0.39, 0.29) is 0 Å².